The number of nitrogens with zero attached hydrogens (tertiary/aromatic N) is 1. The van der Waals surface area contributed by atoms with Gasteiger partial charge in [0, 0.05) is 30.6 Å². The SMILES string of the molecule is COc1ccc([C@@H](CNCc2cc(=O)oc3cc(C)c(C)cc23)N2CCCCC2)cc1. The average Bonchev–Trinajstić information content (AvgIpc) is 2.78. The molecule has 1 saturated heterocycles. The summed E-state index contributed by atoms with van der Waals surface area (Å²) in [6.45, 7) is 7.82. The lowest BCUT2D eigenvalue weighted by atomic mass is 10.0. The molecule has 0 saturated carbocycles. The fraction of sp³-hybridized carbons (Fsp3) is 0.423. The Morgan fingerprint density at radius 1 is 1.03 bits per heavy atom. The molecule has 164 valence electrons. The van der Waals surface area contributed by atoms with Gasteiger partial charge in [-0.15, -0.1) is 0 Å². The summed E-state index contributed by atoms with van der Waals surface area (Å²) in [5, 5.41) is 4.63. The fourth-order valence-electron chi connectivity index (χ4n) is 4.49. The van der Waals surface area contributed by atoms with Crippen molar-refractivity contribution in [3.8, 4) is 5.75 Å². The second kappa shape index (κ2) is 9.67. The highest BCUT2D eigenvalue weighted by Gasteiger charge is 2.22. The van der Waals surface area contributed by atoms with Crippen molar-refractivity contribution in [3.05, 3.63) is 75.1 Å². The minimum Gasteiger partial charge on any atom is -0.497 e. The summed E-state index contributed by atoms with van der Waals surface area (Å²) in [6.07, 6.45) is 3.80. The predicted octanol–water partition coefficient (Wildman–Crippen LogP) is 4.74. The third kappa shape index (κ3) is 5.00. The summed E-state index contributed by atoms with van der Waals surface area (Å²) in [5.41, 5.74) is 4.98. The van der Waals surface area contributed by atoms with E-state index >= 15 is 0 Å². The molecule has 1 fully saturated rings. The molecule has 1 aliphatic rings. The lowest BCUT2D eigenvalue weighted by molar-refractivity contribution is 0.160. The van der Waals surface area contributed by atoms with Crippen molar-refractivity contribution in [1.29, 1.82) is 0 Å². The van der Waals surface area contributed by atoms with Gasteiger partial charge in [0.2, 0.25) is 0 Å². The molecule has 1 aliphatic heterocycles. The van der Waals surface area contributed by atoms with E-state index in [0.29, 0.717) is 18.2 Å². The van der Waals surface area contributed by atoms with Crippen LogP contribution < -0.4 is 15.7 Å². The first-order chi connectivity index (χ1) is 15.0. The number of hydrogen-bond donors (Lipinski definition) is 1. The summed E-state index contributed by atoms with van der Waals surface area (Å²) in [5.74, 6) is 0.877. The van der Waals surface area contributed by atoms with Crippen LogP contribution in [0.15, 0.2) is 51.7 Å². The largest absolute Gasteiger partial charge is 0.497 e. The lowest BCUT2D eigenvalue weighted by Gasteiger charge is -2.35. The molecule has 5 heteroatoms. The maximum absolute atomic E-state index is 12.1. The molecule has 4 rings (SSSR count). The molecule has 0 unspecified atom stereocenters. The van der Waals surface area contributed by atoms with Crippen molar-refractivity contribution in [2.45, 2.75) is 45.7 Å². The van der Waals surface area contributed by atoms with Gasteiger partial charge in [-0.3, -0.25) is 4.90 Å². The van der Waals surface area contributed by atoms with Gasteiger partial charge in [-0.05, 0) is 86.3 Å². The Hall–Kier alpha value is -2.63. The van der Waals surface area contributed by atoms with Gasteiger partial charge in [0.05, 0.1) is 7.11 Å². The smallest absolute Gasteiger partial charge is 0.336 e. The molecular formula is C26H32N2O3. The number of fused-ring (bicyclic) bond motifs is 1. The van der Waals surface area contributed by atoms with Crippen LogP contribution in [0.5, 0.6) is 5.75 Å². The maximum atomic E-state index is 12.1. The zero-order chi connectivity index (χ0) is 21.8. The van der Waals surface area contributed by atoms with E-state index in [-0.39, 0.29) is 5.63 Å². The van der Waals surface area contributed by atoms with Crippen LogP contribution in [0, 0.1) is 13.8 Å². The van der Waals surface area contributed by atoms with Crippen molar-refractivity contribution >= 4 is 11.0 Å². The molecule has 0 aliphatic carbocycles. The number of piperidine rings is 1. The Morgan fingerprint density at radius 3 is 2.45 bits per heavy atom. The molecular weight excluding hydrogens is 388 g/mol. The number of nitrogens with one attached hydrogen (secondary N) is 1. The van der Waals surface area contributed by atoms with Gasteiger partial charge in [0.1, 0.15) is 11.3 Å². The average molecular weight is 421 g/mol. The van der Waals surface area contributed by atoms with Crippen LogP contribution in [0.1, 0.15) is 47.6 Å². The standard InChI is InChI=1S/C26H32N2O3/c1-18-13-23-21(15-26(29)31-25(23)14-19(18)2)16-27-17-24(28-11-5-4-6-12-28)20-7-9-22(30-3)10-8-20/h7-10,13-15,24,27H,4-6,11-12,16-17H2,1-3H3/t24-/m1/s1. The summed E-state index contributed by atoms with van der Waals surface area (Å²) in [4.78, 5) is 14.7. The summed E-state index contributed by atoms with van der Waals surface area (Å²) < 4.78 is 10.8. The van der Waals surface area contributed by atoms with Gasteiger partial charge in [0.25, 0.3) is 0 Å². The molecule has 1 N–H and O–H groups in total. The highest BCUT2D eigenvalue weighted by molar-refractivity contribution is 5.81. The van der Waals surface area contributed by atoms with E-state index in [4.69, 9.17) is 9.15 Å². The van der Waals surface area contributed by atoms with Gasteiger partial charge in [-0.25, -0.2) is 4.79 Å². The van der Waals surface area contributed by atoms with Crippen molar-refractivity contribution in [1.82, 2.24) is 10.2 Å². The molecule has 0 spiro atoms. The molecule has 5 nitrogen and oxygen atoms in total. The van der Waals surface area contributed by atoms with E-state index in [1.54, 1.807) is 13.2 Å². The Balaban J connectivity index is 1.54. The summed E-state index contributed by atoms with van der Waals surface area (Å²) in [6, 6.07) is 14.4. The number of likely N-dealkylation sites (tertiary alicyclic amines) is 1. The van der Waals surface area contributed by atoms with Crippen LogP contribution in [0.25, 0.3) is 11.0 Å². The normalized spacial score (nSPS) is 15.8. The number of methoxy groups -OCH3 is 1. The highest BCUT2D eigenvalue weighted by atomic mass is 16.5. The quantitative estimate of drug-likeness (QED) is 0.560. The molecule has 31 heavy (non-hydrogen) atoms. The van der Waals surface area contributed by atoms with Gasteiger partial charge in [-0.2, -0.15) is 0 Å². The summed E-state index contributed by atoms with van der Waals surface area (Å²) in [7, 11) is 1.70. The Labute approximate surface area is 184 Å². The number of benzene rings is 2. The summed E-state index contributed by atoms with van der Waals surface area (Å²) >= 11 is 0. The van der Waals surface area contributed by atoms with Crippen molar-refractivity contribution in [2.24, 2.45) is 0 Å². The number of hydrogen-bond acceptors (Lipinski definition) is 5. The molecule has 3 aromatic rings. The molecule has 1 aromatic heterocycles. The van der Waals surface area contributed by atoms with Gasteiger partial charge < -0.3 is 14.5 Å². The second-order valence-electron chi connectivity index (χ2n) is 8.54. The van der Waals surface area contributed by atoms with Crippen molar-refractivity contribution < 1.29 is 9.15 Å². The van der Waals surface area contributed by atoms with Crippen LogP contribution in [0.2, 0.25) is 0 Å². The minimum absolute atomic E-state index is 0.293. The third-order valence-electron chi connectivity index (χ3n) is 6.43. The van der Waals surface area contributed by atoms with Crippen molar-refractivity contribution in [3.63, 3.8) is 0 Å². The minimum atomic E-state index is -0.296. The molecule has 0 amide bonds. The number of aryl methyl sites for hydroxylation is 2. The zero-order valence-electron chi connectivity index (χ0n) is 18.7. The van der Waals surface area contributed by atoms with E-state index < -0.39 is 0 Å². The van der Waals surface area contributed by atoms with E-state index in [9.17, 15) is 4.79 Å². The topological polar surface area (TPSA) is 54.7 Å². The number of rotatable bonds is 7. The van der Waals surface area contributed by atoms with Crippen LogP contribution >= 0.6 is 0 Å². The molecule has 2 heterocycles. The third-order valence-corrected chi connectivity index (χ3v) is 6.43. The first-order valence-electron chi connectivity index (χ1n) is 11.2. The van der Waals surface area contributed by atoms with Gasteiger partial charge in [0.15, 0.2) is 0 Å². The monoisotopic (exact) mass is 420 g/mol. The van der Waals surface area contributed by atoms with E-state index in [0.717, 1.165) is 41.9 Å². The van der Waals surface area contributed by atoms with Gasteiger partial charge >= 0.3 is 5.63 Å². The predicted molar refractivity (Wildman–Crippen MR) is 125 cm³/mol. The van der Waals surface area contributed by atoms with Crippen LogP contribution in [-0.4, -0.2) is 31.6 Å². The van der Waals surface area contributed by atoms with Crippen LogP contribution in [0.4, 0.5) is 0 Å². The first kappa shape index (κ1) is 21.6. The van der Waals surface area contributed by atoms with Crippen LogP contribution in [0.3, 0.4) is 0 Å². The van der Waals surface area contributed by atoms with E-state index in [1.165, 1.54) is 30.4 Å². The zero-order valence-corrected chi connectivity index (χ0v) is 18.7. The van der Waals surface area contributed by atoms with E-state index in [2.05, 4.69) is 35.3 Å². The molecule has 0 radical (unpaired) electrons. The Morgan fingerprint density at radius 2 is 1.74 bits per heavy atom. The first-order valence-corrected chi connectivity index (χ1v) is 11.2. The van der Waals surface area contributed by atoms with E-state index in [1.807, 2.05) is 25.1 Å². The Kier molecular flexibility index (Phi) is 6.73. The fourth-order valence-corrected chi connectivity index (χ4v) is 4.49. The highest BCUT2D eigenvalue weighted by Crippen LogP contribution is 2.26. The molecule has 2 aromatic carbocycles. The molecule has 0 bridgehead atoms. The Bertz CT molecular complexity index is 1080. The molecule has 1 atom stereocenters. The number of ether oxygens (including phenoxy) is 1. The van der Waals surface area contributed by atoms with Crippen molar-refractivity contribution in [2.75, 3.05) is 26.7 Å². The maximum Gasteiger partial charge on any atom is 0.336 e. The second-order valence-corrected chi connectivity index (χ2v) is 8.54. The lowest BCUT2D eigenvalue weighted by Crippen LogP contribution is -2.39. The van der Waals surface area contributed by atoms with Crippen LogP contribution in [-0.2, 0) is 6.54 Å². The van der Waals surface area contributed by atoms with Gasteiger partial charge in [-0.1, -0.05) is 18.6 Å².